The fourth-order valence-corrected chi connectivity index (χ4v) is 4.15. The van der Waals surface area contributed by atoms with Crippen molar-refractivity contribution in [2.75, 3.05) is 20.6 Å². The Bertz CT molecular complexity index is 503. The third-order valence-corrected chi connectivity index (χ3v) is 5.99. The van der Waals surface area contributed by atoms with Crippen LogP contribution in [0.15, 0.2) is 30.8 Å². The maximum atomic E-state index is 3.96. The lowest BCUT2D eigenvalue weighted by atomic mass is 10.0. The summed E-state index contributed by atoms with van der Waals surface area (Å²) in [5.74, 6) is 0. The summed E-state index contributed by atoms with van der Waals surface area (Å²) < 4.78 is 1.07. The second kappa shape index (κ2) is 15.8. The van der Waals surface area contributed by atoms with Gasteiger partial charge in [-0.25, -0.2) is 0 Å². The largest absolute Gasteiger partial charge is 0.325 e. The normalized spacial score (nSPS) is 11.7. The Morgan fingerprint density at radius 2 is 1.18 bits per heavy atom. The molecular weight excluding hydrogens is 338 g/mol. The van der Waals surface area contributed by atoms with Crippen LogP contribution in [0.4, 0.5) is 0 Å². The van der Waals surface area contributed by atoms with Gasteiger partial charge in [-0.05, 0) is 18.4 Å². The SMILES string of the molecule is C=Cc1ccccc1C[N+](C)(C)CCCCCCCCCCCCCCCC. The third-order valence-electron chi connectivity index (χ3n) is 5.99. The first-order valence-corrected chi connectivity index (χ1v) is 12.1. The number of nitrogens with zero attached hydrogens (tertiary/aromatic N) is 1. The minimum atomic E-state index is 1.07. The van der Waals surface area contributed by atoms with Gasteiger partial charge in [0.1, 0.15) is 6.54 Å². The van der Waals surface area contributed by atoms with Gasteiger partial charge in [-0.1, -0.05) is 121 Å². The molecule has 0 atom stereocenters. The lowest BCUT2D eigenvalue weighted by Crippen LogP contribution is -2.39. The summed E-state index contributed by atoms with van der Waals surface area (Å²) >= 11 is 0. The molecule has 160 valence electrons. The number of unbranched alkanes of at least 4 members (excludes halogenated alkanes) is 13. The molecule has 0 unspecified atom stereocenters. The predicted octanol–water partition coefficient (Wildman–Crippen LogP) is 8.39. The summed E-state index contributed by atoms with van der Waals surface area (Å²) in [5, 5.41) is 0. The van der Waals surface area contributed by atoms with E-state index in [1.807, 2.05) is 6.08 Å². The molecule has 0 aromatic heterocycles. The molecule has 0 aliphatic carbocycles. The van der Waals surface area contributed by atoms with Crippen molar-refractivity contribution in [3.63, 3.8) is 0 Å². The molecule has 1 aromatic carbocycles. The van der Waals surface area contributed by atoms with Crippen LogP contribution in [-0.4, -0.2) is 25.1 Å². The zero-order valence-corrected chi connectivity index (χ0v) is 19.4. The van der Waals surface area contributed by atoms with Crippen LogP contribution in [0, 0.1) is 0 Å². The van der Waals surface area contributed by atoms with Crippen LogP contribution in [-0.2, 0) is 6.54 Å². The van der Waals surface area contributed by atoms with E-state index in [-0.39, 0.29) is 0 Å². The van der Waals surface area contributed by atoms with Crippen LogP contribution in [0.25, 0.3) is 6.08 Å². The first kappa shape index (κ1) is 25.0. The molecule has 0 fully saturated rings. The Morgan fingerprint density at radius 3 is 1.68 bits per heavy atom. The van der Waals surface area contributed by atoms with Crippen molar-refractivity contribution in [3.8, 4) is 0 Å². The fourth-order valence-electron chi connectivity index (χ4n) is 4.15. The molecule has 0 amide bonds. The molecule has 0 saturated carbocycles. The quantitative estimate of drug-likeness (QED) is 0.175. The molecule has 0 bridgehead atoms. The van der Waals surface area contributed by atoms with Gasteiger partial charge in [0.2, 0.25) is 0 Å². The minimum absolute atomic E-state index is 1.07. The van der Waals surface area contributed by atoms with E-state index in [1.165, 1.54) is 108 Å². The predicted molar refractivity (Wildman–Crippen MR) is 128 cm³/mol. The van der Waals surface area contributed by atoms with Crippen LogP contribution >= 0.6 is 0 Å². The lowest BCUT2D eigenvalue weighted by molar-refractivity contribution is -0.903. The summed E-state index contributed by atoms with van der Waals surface area (Å²) in [6.45, 7) is 8.62. The van der Waals surface area contributed by atoms with Crippen LogP contribution in [0.3, 0.4) is 0 Å². The molecule has 0 heterocycles. The molecule has 0 N–H and O–H groups in total. The average molecular weight is 387 g/mol. The van der Waals surface area contributed by atoms with Crippen molar-refractivity contribution in [3.05, 3.63) is 42.0 Å². The summed E-state index contributed by atoms with van der Waals surface area (Å²) in [4.78, 5) is 0. The van der Waals surface area contributed by atoms with E-state index in [1.54, 1.807) is 0 Å². The van der Waals surface area contributed by atoms with Gasteiger partial charge < -0.3 is 4.48 Å². The molecule has 28 heavy (non-hydrogen) atoms. The molecule has 1 rings (SSSR count). The molecule has 1 aromatic rings. The lowest BCUT2D eigenvalue weighted by Gasteiger charge is -2.30. The van der Waals surface area contributed by atoms with Gasteiger partial charge in [0.05, 0.1) is 20.6 Å². The highest BCUT2D eigenvalue weighted by molar-refractivity contribution is 5.51. The third kappa shape index (κ3) is 12.4. The monoisotopic (exact) mass is 386 g/mol. The van der Waals surface area contributed by atoms with Crippen molar-refractivity contribution < 1.29 is 4.48 Å². The number of rotatable bonds is 18. The van der Waals surface area contributed by atoms with Gasteiger partial charge in [-0.15, -0.1) is 0 Å². The van der Waals surface area contributed by atoms with E-state index in [0.717, 1.165) is 11.0 Å². The van der Waals surface area contributed by atoms with Gasteiger partial charge in [0.25, 0.3) is 0 Å². The van der Waals surface area contributed by atoms with Gasteiger partial charge in [-0.2, -0.15) is 0 Å². The Hall–Kier alpha value is -1.08. The van der Waals surface area contributed by atoms with E-state index >= 15 is 0 Å². The van der Waals surface area contributed by atoms with E-state index < -0.39 is 0 Å². The van der Waals surface area contributed by atoms with Crippen molar-refractivity contribution in [1.82, 2.24) is 0 Å². The topological polar surface area (TPSA) is 0 Å². The average Bonchev–Trinajstić information content (AvgIpc) is 2.68. The highest BCUT2D eigenvalue weighted by atomic mass is 15.3. The Morgan fingerprint density at radius 1 is 0.714 bits per heavy atom. The molecule has 0 radical (unpaired) electrons. The van der Waals surface area contributed by atoms with Gasteiger partial charge >= 0.3 is 0 Å². The molecule has 0 aliphatic heterocycles. The Kier molecular flexibility index (Phi) is 14.1. The van der Waals surface area contributed by atoms with Crippen molar-refractivity contribution >= 4 is 6.08 Å². The number of benzene rings is 1. The maximum absolute atomic E-state index is 3.96. The molecule has 0 aliphatic rings. The fraction of sp³-hybridized carbons (Fsp3) is 0.704. The van der Waals surface area contributed by atoms with Gasteiger partial charge in [0, 0.05) is 5.56 Å². The van der Waals surface area contributed by atoms with Crippen molar-refractivity contribution in [2.24, 2.45) is 0 Å². The summed E-state index contributed by atoms with van der Waals surface area (Å²) in [5.41, 5.74) is 2.71. The highest BCUT2D eigenvalue weighted by Crippen LogP contribution is 2.17. The van der Waals surface area contributed by atoms with E-state index in [2.05, 4.69) is 51.9 Å². The number of quaternary nitrogens is 1. The number of hydrogen-bond donors (Lipinski definition) is 0. The van der Waals surface area contributed by atoms with Gasteiger partial charge in [0.15, 0.2) is 0 Å². The smallest absolute Gasteiger partial charge is 0.105 e. The van der Waals surface area contributed by atoms with E-state index in [4.69, 9.17) is 0 Å². The summed E-state index contributed by atoms with van der Waals surface area (Å²) in [6.07, 6.45) is 22.0. The van der Waals surface area contributed by atoms with E-state index in [0.29, 0.717) is 0 Å². The minimum Gasteiger partial charge on any atom is -0.325 e. The van der Waals surface area contributed by atoms with Crippen LogP contribution < -0.4 is 0 Å². The highest BCUT2D eigenvalue weighted by Gasteiger charge is 2.16. The molecule has 0 saturated heterocycles. The molecule has 1 heteroatoms. The first-order chi connectivity index (χ1) is 13.6. The van der Waals surface area contributed by atoms with Crippen LogP contribution in [0.2, 0.25) is 0 Å². The summed E-state index contributed by atoms with van der Waals surface area (Å²) in [7, 11) is 4.73. The zero-order chi connectivity index (χ0) is 20.5. The Labute approximate surface area is 176 Å². The standard InChI is InChI=1S/C27H48N/c1-5-7-8-9-10-11-12-13-14-15-16-17-18-21-24-28(3,4)25-27-23-20-19-22-26(27)6-2/h6,19-20,22-23H,2,5,7-18,21,24-25H2,1,3-4H3/q+1. The van der Waals surface area contributed by atoms with Crippen LogP contribution in [0.1, 0.15) is 108 Å². The molecule has 0 spiro atoms. The molecular formula is C27H48N+. The summed E-state index contributed by atoms with van der Waals surface area (Å²) in [6, 6.07) is 8.68. The van der Waals surface area contributed by atoms with Crippen molar-refractivity contribution in [2.45, 2.75) is 103 Å². The second-order valence-corrected chi connectivity index (χ2v) is 9.32. The van der Waals surface area contributed by atoms with Crippen LogP contribution in [0.5, 0.6) is 0 Å². The number of hydrogen-bond acceptors (Lipinski definition) is 0. The second-order valence-electron chi connectivity index (χ2n) is 9.32. The maximum Gasteiger partial charge on any atom is 0.105 e. The Balaban J connectivity index is 1.98. The van der Waals surface area contributed by atoms with E-state index in [9.17, 15) is 0 Å². The molecule has 1 nitrogen and oxygen atoms in total. The van der Waals surface area contributed by atoms with Crippen molar-refractivity contribution in [1.29, 1.82) is 0 Å². The first-order valence-electron chi connectivity index (χ1n) is 12.1. The zero-order valence-electron chi connectivity index (χ0n) is 19.4. The van der Waals surface area contributed by atoms with Gasteiger partial charge in [-0.3, -0.25) is 0 Å².